The summed E-state index contributed by atoms with van der Waals surface area (Å²) in [7, 11) is 0. The summed E-state index contributed by atoms with van der Waals surface area (Å²) in [4.78, 5) is 78.3. The van der Waals surface area contributed by atoms with E-state index >= 15 is 0 Å². The quantitative estimate of drug-likeness (QED) is 0.0149. The van der Waals surface area contributed by atoms with Gasteiger partial charge in [-0.3, -0.25) is 19.3 Å². The molecule has 1 fully saturated rings. The Labute approximate surface area is 363 Å². The lowest BCUT2D eigenvalue weighted by molar-refractivity contribution is -0.141. The molecule has 4 aromatic rings. The Morgan fingerprint density at radius 3 is 1.60 bits per heavy atom. The molecular weight excluding hydrogens is 791 g/mol. The number of benzene rings is 4. The molecule has 0 spiro atoms. The highest BCUT2D eigenvalue weighted by Gasteiger charge is 2.50. The minimum atomic E-state index is -1.45. The minimum absolute atomic E-state index is 0.162. The lowest BCUT2D eigenvalue weighted by atomic mass is 9.93. The lowest BCUT2D eigenvalue weighted by Crippen LogP contribution is -2.35. The molecule has 1 saturated heterocycles. The van der Waals surface area contributed by atoms with Gasteiger partial charge in [-0.25, -0.2) is 14.4 Å². The second-order valence-electron chi connectivity index (χ2n) is 15.8. The Morgan fingerprint density at radius 1 is 0.613 bits per heavy atom. The fourth-order valence-corrected chi connectivity index (χ4v) is 7.09. The number of imide groups is 1. The summed E-state index contributed by atoms with van der Waals surface area (Å²) < 4.78 is 27.7. The van der Waals surface area contributed by atoms with Crippen LogP contribution >= 0.6 is 0 Å². The van der Waals surface area contributed by atoms with E-state index in [1.165, 1.54) is 0 Å². The third-order valence-corrected chi connectivity index (χ3v) is 10.6. The van der Waals surface area contributed by atoms with E-state index in [1.54, 1.807) is 30.3 Å². The van der Waals surface area contributed by atoms with Gasteiger partial charge in [0.1, 0.15) is 11.5 Å². The van der Waals surface area contributed by atoms with Crippen molar-refractivity contribution in [2.75, 3.05) is 33.0 Å². The number of fused-ring (bicyclic) bond motifs is 2. The molecule has 0 radical (unpaired) electrons. The van der Waals surface area contributed by atoms with E-state index in [-0.39, 0.29) is 30.2 Å². The van der Waals surface area contributed by atoms with Crippen molar-refractivity contribution in [3.8, 4) is 11.5 Å². The Bertz CT molecular complexity index is 2090. The van der Waals surface area contributed by atoms with Crippen molar-refractivity contribution in [2.24, 2.45) is 11.8 Å². The second-order valence-corrected chi connectivity index (χ2v) is 15.8. The number of likely N-dealkylation sites (tertiary alicyclic amines) is 1. The average molecular weight is 848 g/mol. The number of carbonyl (C=O) groups is 6. The van der Waals surface area contributed by atoms with Crippen LogP contribution in [-0.4, -0.2) is 79.5 Å². The predicted molar refractivity (Wildman–Crippen MR) is 236 cm³/mol. The molecule has 2 amide bonds. The van der Waals surface area contributed by atoms with Crippen LogP contribution in [0.1, 0.15) is 98.8 Å². The van der Waals surface area contributed by atoms with Crippen molar-refractivity contribution >= 4 is 57.1 Å². The van der Waals surface area contributed by atoms with E-state index in [9.17, 15) is 28.8 Å². The van der Waals surface area contributed by atoms with Crippen molar-refractivity contribution in [1.82, 2.24) is 4.90 Å². The molecular formula is C50H57NO11. The number of esters is 3. The number of hydrogen-bond donors (Lipinski definition) is 0. The Balaban J connectivity index is 1.17. The number of nitrogens with zero attached hydrogens (tertiary/aromatic N) is 1. The molecule has 0 saturated carbocycles. The molecule has 62 heavy (non-hydrogen) atoms. The highest BCUT2D eigenvalue weighted by Crippen LogP contribution is 2.31. The van der Waals surface area contributed by atoms with E-state index in [1.807, 2.05) is 56.3 Å². The molecule has 0 bridgehead atoms. The summed E-state index contributed by atoms with van der Waals surface area (Å²) in [6.45, 7) is 12.7. The van der Waals surface area contributed by atoms with Gasteiger partial charge in [-0.15, -0.1) is 0 Å². The normalized spacial score (nSPS) is 14.9. The molecule has 0 N–H and O–H groups in total. The maximum atomic E-state index is 13.8. The third kappa shape index (κ3) is 13.6. The highest BCUT2D eigenvalue weighted by atomic mass is 16.6. The highest BCUT2D eigenvalue weighted by molar-refractivity contribution is 6.11. The molecule has 5 rings (SSSR count). The average Bonchev–Trinajstić information content (AvgIpc) is 3.49. The summed E-state index contributed by atoms with van der Waals surface area (Å²) in [5.41, 5.74) is 0.579. The van der Waals surface area contributed by atoms with E-state index in [2.05, 4.69) is 13.2 Å². The molecule has 328 valence electrons. The van der Waals surface area contributed by atoms with Crippen LogP contribution < -0.4 is 9.47 Å². The fraction of sp³-hybridized carbons (Fsp3) is 0.400. The zero-order valence-corrected chi connectivity index (χ0v) is 35.8. The van der Waals surface area contributed by atoms with Gasteiger partial charge in [0.25, 0.3) is 5.91 Å². The molecule has 0 aliphatic carbocycles. The summed E-state index contributed by atoms with van der Waals surface area (Å²) >= 11 is 0. The number of unbranched alkanes of at least 4 members (excludes halogenated alkanes) is 6. The summed E-state index contributed by atoms with van der Waals surface area (Å²) in [6, 6.07) is 21.4. The lowest BCUT2D eigenvalue weighted by Gasteiger charge is -2.16. The summed E-state index contributed by atoms with van der Waals surface area (Å²) in [6.07, 6.45) is 8.02. The first-order valence-electron chi connectivity index (χ1n) is 21.5. The van der Waals surface area contributed by atoms with Gasteiger partial charge in [0.15, 0.2) is 11.9 Å². The first-order chi connectivity index (χ1) is 30.0. The van der Waals surface area contributed by atoms with Gasteiger partial charge in [0.2, 0.25) is 5.91 Å². The molecule has 4 aromatic carbocycles. The molecule has 1 aliphatic heterocycles. The number of Topliss-reactive ketones (excluding diaryl/α,β-unsaturated/α-hetero) is 1. The smallest absolute Gasteiger partial charge is 0.338 e. The number of amides is 2. The van der Waals surface area contributed by atoms with Crippen molar-refractivity contribution in [3.63, 3.8) is 0 Å². The zero-order valence-electron chi connectivity index (χ0n) is 35.8. The van der Waals surface area contributed by atoms with Gasteiger partial charge in [-0.05, 0) is 128 Å². The van der Waals surface area contributed by atoms with Crippen LogP contribution in [0.25, 0.3) is 21.5 Å². The van der Waals surface area contributed by atoms with Crippen molar-refractivity contribution < 1.29 is 52.5 Å². The maximum absolute atomic E-state index is 13.8. The monoisotopic (exact) mass is 847 g/mol. The van der Waals surface area contributed by atoms with Crippen molar-refractivity contribution in [1.29, 1.82) is 0 Å². The maximum Gasteiger partial charge on any atom is 0.338 e. The van der Waals surface area contributed by atoms with E-state index in [4.69, 9.17) is 23.7 Å². The number of rotatable bonds is 26. The zero-order chi connectivity index (χ0) is 44.4. The van der Waals surface area contributed by atoms with Crippen LogP contribution in [0.2, 0.25) is 0 Å². The van der Waals surface area contributed by atoms with Gasteiger partial charge >= 0.3 is 17.9 Å². The third-order valence-electron chi connectivity index (χ3n) is 10.6. The Hall–Kier alpha value is -6.30. The van der Waals surface area contributed by atoms with Gasteiger partial charge in [-0.1, -0.05) is 57.3 Å². The molecule has 0 unspecified atom stereocenters. The fourth-order valence-electron chi connectivity index (χ4n) is 7.09. The first kappa shape index (κ1) is 46.8. The van der Waals surface area contributed by atoms with Gasteiger partial charge in [0, 0.05) is 30.7 Å². The molecule has 12 heteroatoms. The minimum Gasteiger partial charge on any atom is -0.494 e. The standard InChI is InChI=1S/C50H57NO11/c1-5-45(53)60-27-13-9-7-11-25-58-41-21-19-35-29-39(17-15-37(35)31-41)44(52)33-43-47(49(56)51(48(43)55)24-23-34(3)4)62-50(57)40-18-16-38-32-42(22-20-36(38)30-40)59-26-12-8-10-14-28-61-46(54)6-2/h5-6,15-22,29-32,34,43,47H,1-2,7-14,23-28,33H2,3-4H3/t43-,47-/m1/s1. The van der Waals surface area contributed by atoms with Crippen LogP contribution in [0, 0.1) is 11.8 Å². The second kappa shape index (κ2) is 23.6. The van der Waals surface area contributed by atoms with Crippen LogP contribution in [0.3, 0.4) is 0 Å². The number of carbonyl (C=O) groups excluding carboxylic acids is 6. The summed E-state index contributed by atoms with van der Waals surface area (Å²) in [5.74, 6) is -2.68. The topological polar surface area (TPSA) is 152 Å². The molecule has 12 nitrogen and oxygen atoms in total. The first-order valence-corrected chi connectivity index (χ1v) is 21.5. The Morgan fingerprint density at radius 2 is 1.08 bits per heavy atom. The van der Waals surface area contributed by atoms with Crippen LogP contribution in [0.4, 0.5) is 0 Å². The van der Waals surface area contributed by atoms with Crippen molar-refractivity contribution in [3.05, 3.63) is 109 Å². The van der Waals surface area contributed by atoms with E-state index < -0.39 is 41.7 Å². The van der Waals surface area contributed by atoms with Gasteiger partial charge in [0.05, 0.1) is 37.9 Å². The van der Waals surface area contributed by atoms with Gasteiger partial charge < -0.3 is 23.7 Å². The van der Waals surface area contributed by atoms with Crippen molar-refractivity contribution in [2.45, 2.75) is 84.2 Å². The SMILES string of the molecule is C=CC(=O)OCCCCCCOc1ccc2cc(C(=O)C[C@H]3C(=O)N(CCC(C)C)C(=O)[C@@H]3OC(=O)c3ccc4cc(OCCCCCCOC(=O)C=C)ccc4c3)ccc2c1. The molecule has 2 atom stereocenters. The molecule has 1 aliphatic rings. The molecule has 1 heterocycles. The number of hydrogen-bond acceptors (Lipinski definition) is 11. The van der Waals surface area contributed by atoms with Gasteiger partial charge in [-0.2, -0.15) is 0 Å². The number of ketones is 1. The molecule has 0 aromatic heterocycles. The van der Waals surface area contributed by atoms with Crippen LogP contribution in [-0.2, 0) is 33.4 Å². The number of ether oxygens (including phenoxy) is 5. The largest absolute Gasteiger partial charge is 0.494 e. The van der Waals surface area contributed by atoms with E-state index in [0.717, 1.165) is 90.0 Å². The Kier molecular flexibility index (Phi) is 17.8. The summed E-state index contributed by atoms with van der Waals surface area (Å²) in [5, 5.41) is 3.27. The van der Waals surface area contributed by atoms with Crippen LogP contribution in [0.15, 0.2) is 98.1 Å². The van der Waals surface area contributed by atoms with Crippen LogP contribution in [0.5, 0.6) is 11.5 Å². The predicted octanol–water partition coefficient (Wildman–Crippen LogP) is 9.16. The van der Waals surface area contributed by atoms with E-state index in [0.29, 0.717) is 49.9 Å².